The lowest BCUT2D eigenvalue weighted by atomic mass is 9.72. The molecule has 2 heteroatoms. The van der Waals surface area contributed by atoms with Gasteiger partial charge in [0.15, 0.2) is 5.78 Å². The molecule has 32 heavy (non-hydrogen) atoms. The number of hydrogen-bond acceptors (Lipinski definition) is 2. The maximum absolute atomic E-state index is 11.7. The molecule has 0 aliphatic heterocycles. The van der Waals surface area contributed by atoms with Gasteiger partial charge in [-0.3, -0.25) is 4.79 Å². The average Bonchev–Trinajstić information content (AvgIpc) is 2.67. The topological polar surface area (TPSA) is 37.3 Å². The maximum Gasteiger partial charge on any atom is 0.186 e. The predicted octanol–water partition coefficient (Wildman–Crippen LogP) is 7.92. The molecule has 0 atom stereocenters. The molecule has 0 bridgehead atoms. The summed E-state index contributed by atoms with van der Waals surface area (Å²) in [5.74, 6) is -0.303. The highest BCUT2D eigenvalue weighted by Crippen LogP contribution is 2.40. The van der Waals surface area contributed by atoms with Gasteiger partial charge in [0.1, 0.15) is 5.60 Å². The first-order valence-corrected chi connectivity index (χ1v) is 11.5. The van der Waals surface area contributed by atoms with Crippen LogP contribution in [0.3, 0.4) is 0 Å². The van der Waals surface area contributed by atoms with Crippen molar-refractivity contribution in [2.24, 2.45) is 5.41 Å². The van der Waals surface area contributed by atoms with E-state index in [1.807, 2.05) is 31.2 Å². The van der Waals surface area contributed by atoms with E-state index in [4.69, 9.17) is 0 Å². The smallest absolute Gasteiger partial charge is 0.186 e. The van der Waals surface area contributed by atoms with Gasteiger partial charge in [-0.25, -0.2) is 0 Å². The number of carbonyl (C=O) groups excluding carboxylic acids is 1. The fourth-order valence-electron chi connectivity index (χ4n) is 3.57. The third-order valence-electron chi connectivity index (χ3n) is 5.70. The Hall–Kier alpha value is -2.45. The van der Waals surface area contributed by atoms with Crippen molar-refractivity contribution in [3.8, 4) is 0 Å². The van der Waals surface area contributed by atoms with E-state index in [2.05, 4.69) is 65.0 Å². The van der Waals surface area contributed by atoms with E-state index < -0.39 is 5.60 Å². The highest BCUT2D eigenvalue weighted by molar-refractivity contribution is 5.96. The molecule has 1 aliphatic rings. The van der Waals surface area contributed by atoms with Crippen LogP contribution in [0, 0.1) is 5.41 Å². The normalized spacial score (nSPS) is 19.3. The summed E-state index contributed by atoms with van der Waals surface area (Å²) in [5, 5.41) is 9.64. The lowest BCUT2D eigenvalue weighted by Crippen LogP contribution is -2.29. The van der Waals surface area contributed by atoms with Crippen molar-refractivity contribution in [1.82, 2.24) is 0 Å². The van der Waals surface area contributed by atoms with Gasteiger partial charge in [0, 0.05) is 0 Å². The quantitative estimate of drug-likeness (QED) is 0.295. The molecule has 0 fully saturated rings. The van der Waals surface area contributed by atoms with Crippen molar-refractivity contribution in [3.05, 3.63) is 94.7 Å². The number of aliphatic hydroxyl groups is 1. The lowest BCUT2D eigenvalue weighted by Gasteiger charge is -2.32. The standard InChI is InChI=1S/C30H42O2/c1-23(13-9-10-14-24(2)19-21-28(31)30(7,8)32)15-11-16-25(3)18-20-27-26(4)17-12-22-29(27,5)6/h9-11,13-16,18-21,32H,12,17,22H2,1-8H3/b10-9+,15-11+,20-18+,21-19+,23-13+,24-14+,25-16+. The third-order valence-corrected chi connectivity index (χ3v) is 5.70. The Morgan fingerprint density at radius 2 is 1.41 bits per heavy atom. The van der Waals surface area contributed by atoms with Gasteiger partial charge in [-0.1, -0.05) is 96.9 Å². The number of allylic oxidation sites excluding steroid dienone is 15. The van der Waals surface area contributed by atoms with Gasteiger partial charge in [-0.05, 0) is 77.9 Å². The molecule has 0 radical (unpaired) electrons. The SMILES string of the molecule is CC1=C(/C=C/C(C)=C/C=C/C(C)=C/C=C/C=C(C)/C=C/C(=O)C(C)(C)O)C(C)(C)CCC1. The number of carbonyl (C=O) groups is 1. The van der Waals surface area contributed by atoms with E-state index >= 15 is 0 Å². The first-order valence-electron chi connectivity index (χ1n) is 11.5. The van der Waals surface area contributed by atoms with Gasteiger partial charge in [-0.2, -0.15) is 0 Å². The average molecular weight is 435 g/mol. The Balaban J connectivity index is 2.66. The second-order valence-electron chi connectivity index (χ2n) is 10.00. The van der Waals surface area contributed by atoms with Crippen LogP contribution in [0.4, 0.5) is 0 Å². The molecule has 1 aliphatic carbocycles. The summed E-state index contributed by atoms with van der Waals surface area (Å²) in [7, 11) is 0. The van der Waals surface area contributed by atoms with Crippen LogP contribution in [0.25, 0.3) is 0 Å². The zero-order valence-corrected chi connectivity index (χ0v) is 21.3. The first-order chi connectivity index (χ1) is 14.8. The molecule has 0 aromatic carbocycles. The van der Waals surface area contributed by atoms with Crippen molar-refractivity contribution < 1.29 is 9.90 Å². The summed E-state index contributed by atoms with van der Waals surface area (Å²) in [6, 6.07) is 0. The van der Waals surface area contributed by atoms with Gasteiger partial charge in [0.25, 0.3) is 0 Å². The van der Waals surface area contributed by atoms with Gasteiger partial charge >= 0.3 is 0 Å². The van der Waals surface area contributed by atoms with Crippen LogP contribution in [0.1, 0.15) is 74.7 Å². The highest BCUT2D eigenvalue weighted by atomic mass is 16.3. The largest absolute Gasteiger partial charge is 0.382 e. The van der Waals surface area contributed by atoms with Gasteiger partial charge in [0.2, 0.25) is 0 Å². The Bertz CT molecular complexity index is 901. The Morgan fingerprint density at radius 3 is 1.97 bits per heavy atom. The van der Waals surface area contributed by atoms with Crippen molar-refractivity contribution >= 4 is 5.78 Å². The van der Waals surface area contributed by atoms with Crippen LogP contribution in [0.2, 0.25) is 0 Å². The van der Waals surface area contributed by atoms with Crippen LogP contribution in [0.5, 0.6) is 0 Å². The van der Waals surface area contributed by atoms with E-state index in [0.29, 0.717) is 0 Å². The molecular formula is C30H42O2. The summed E-state index contributed by atoms with van der Waals surface area (Å²) in [4.78, 5) is 11.7. The van der Waals surface area contributed by atoms with Crippen LogP contribution in [-0.2, 0) is 4.79 Å². The molecule has 174 valence electrons. The van der Waals surface area contributed by atoms with Crippen molar-refractivity contribution in [2.45, 2.75) is 80.3 Å². The van der Waals surface area contributed by atoms with E-state index in [9.17, 15) is 9.90 Å². The summed E-state index contributed by atoms with van der Waals surface area (Å²) in [5.41, 5.74) is 5.28. The van der Waals surface area contributed by atoms with Crippen LogP contribution >= 0.6 is 0 Å². The monoisotopic (exact) mass is 434 g/mol. The summed E-state index contributed by atoms with van der Waals surface area (Å²) >= 11 is 0. The summed E-state index contributed by atoms with van der Waals surface area (Å²) in [6.45, 7) is 16.1. The molecule has 2 nitrogen and oxygen atoms in total. The van der Waals surface area contributed by atoms with E-state index in [1.165, 1.54) is 55.9 Å². The second kappa shape index (κ2) is 12.6. The summed E-state index contributed by atoms with van der Waals surface area (Å²) in [6.07, 6.45) is 25.6. The fourth-order valence-corrected chi connectivity index (χ4v) is 3.57. The summed E-state index contributed by atoms with van der Waals surface area (Å²) < 4.78 is 0. The second-order valence-corrected chi connectivity index (χ2v) is 10.00. The number of rotatable bonds is 9. The molecule has 0 saturated heterocycles. The number of hydrogen-bond donors (Lipinski definition) is 1. The van der Waals surface area contributed by atoms with Crippen LogP contribution < -0.4 is 0 Å². The van der Waals surface area contributed by atoms with E-state index in [-0.39, 0.29) is 11.2 Å². The van der Waals surface area contributed by atoms with E-state index in [1.54, 1.807) is 6.08 Å². The minimum absolute atomic E-state index is 0.272. The molecule has 0 amide bonds. The lowest BCUT2D eigenvalue weighted by molar-refractivity contribution is -0.128. The highest BCUT2D eigenvalue weighted by Gasteiger charge is 2.26. The fraction of sp³-hybridized carbons (Fsp3) is 0.433. The Labute approximate surface area is 196 Å². The molecule has 0 aromatic rings. The van der Waals surface area contributed by atoms with Crippen molar-refractivity contribution in [3.63, 3.8) is 0 Å². The minimum Gasteiger partial charge on any atom is -0.382 e. The van der Waals surface area contributed by atoms with Crippen molar-refractivity contribution in [1.29, 1.82) is 0 Å². The maximum atomic E-state index is 11.7. The van der Waals surface area contributed by atoms with Crippen LogP contribution in [-0.4, -0.2) is 16.5 Å². The Morgan fingerprint density at radius 1 is 0.875 bits per heavy atom. The molecule has 0 aromatic heterocycles. The van der Waals surface area contributed by atoms with Gasteiger partial charge < -0.3 is 5.11 Å². The molecule has 0 saturated carbocycles. The zero-order chi connectivity index (χ0) is 24.4. The molecule has 0 unspecified atom stereocenters. The Kier molecular flexibility index (Phi) is 10.8. The van der Waals surface area contributed by atoms with Gasteiger partial charge in [-0.15, -0.1) is 0 Å². The predicted molar refractivity (Wildman–Crippen MR) is 139 cm³/mol. The van der Waals surface area contributed by atoms with Gasteiger partial charge in [0.05, 0.1) is 0 Å². The van der Waals surface area contributed by atoms with Crippen molar-refractivity contribution in [2.75, 3.05) is 0 Å². The molecule has 0 spiro atoms. The zero-order valence-electron chi connectivity index (χ0n) is 21.3. The molecule has 1 rings (SSSR count). The molecule has 1 N–H and O–H groups in total. The number of ketones is 1. The minimum atomic E-state index is -1.33. The molecular weight excluding hydrogens is 392 g/mol. The first kappa shape index (κ1) is 27.6. The van der Waals surface area contributed by atoms with E-state index in [0.717, 1.165) is 11.1 Å². The molecule has 0 heterocycles. The van der Waals surface area contributed by atoms with Crippen LogP contribution in [0.15, 0.2) is 94.7 Å². The third kappa shape index (κ3) is 10.2.